The number of halogens is 2. The van der Waals surface area contributed by atoms with Gasteiger partial charge in [0.05, 0.1) is 0 Å². The zero-order chi connectivity index (χ0) is 4.50. The summed E-state index contributed by atoms with van der Waals surface area (Å²) >= 11 is 0. The Morgan fingerprint density at radius 2 is 0.889 bits per heavy atom. The average Bonchev–Trinajstić information content (AvgIpc) is 0.722. The Bertz CT molecular complexity index is 98.1. The van der Waals surface area contributed by atoms with Crippen molar-refractivity contribution in [3.05, 3.63) is 0 Å². The van der Waals surface area contributed by atoms with Crippen molar-refractivity contribution >= 4 is 49.4 Å². The van der Waals surface area contributed by atoms with Gasteiger partial charge in [0.2, 0.25) is 0 Å². The molecule has 0 unspecified atom stereocenters. The SMILES string of the molecule is O=S(=O)(Cl)Cl.[Ga+3].[OH-].[OH-].[OH-]. The maximum Gasteiger partial charge on any atom is 3.00 e. The van der Waals surface area contributed by atoms with Crippen LogP contribution < -0.4 is 0 Å². The van der Waals surface area contributed by atoms with Gasteiger partial charge in [0, 0.05) is 21.4 Å². The third-order valence-electron chi connectivity index (χ3n) is 0. The van der Waals surface area contributed by atoms with Crippen molar-refractivity contribution in [2.75, 3.05) is 0 Å². The van der Waals surface area contributed by atoms with Gasteiger partial charge in [-0.15, -0.1) is 0 Å². The van der Waals surface area contributed by atoms with E-state index in [-0.39, 0.29) is 36.2 Å². The van der Waals surface area contributed by atoms with Crippen LogP contribution in [0.15, 0.2) is 0 Å². The van der Waals surface area contributed by atoms with Crippen molar-refractivity contribution in [2.45, 2.75) is 0 Å². The zero-order valence-electron chi connectivity index (χ0n) is 3.90. The van der Waals surface area contributed by atoms with E-state index >= 15 is 0 Å². The predicted molar refractivity (Wildman–Crippen MR) is 32.2 cm³/mol. The molecule has 0 aromatic heterocycles. The third-order valence-corrected chi connectivity index (χ3v) is 0. The average molecular weight is 256 g/mol. The molecular weight excluding hydrogens is 253 g/mol. The zero-order valence-corrected chi connectivity index (χ0v) is 8.65. The van der Waals surface area contributed by atoms with E-state index < -0.39 is 8.26 Å². The van der Waals surface area contributed by atoms with Gasteiger partial charge in [0.15, 0.2) is 0 Å². The summed E-state index contributed by atoms with van der Waals surface area (Å²) in [6, 6.07) is 0. The summed E-state index contributed by atoms with van der Waals surface area (Å²) in [5.41, 5.74) is 0. The quantitative estimate of drug-likeness (QED) is 0.438. The van der Waals surface area contributed by atoms with Crippen molar-refractivity contribution in [1.82, 2.24) is 0 Å². The molecule has 56 valence electrons. The Hall–Kier alpha value is 1.05. The normalized spacial score (nSPS) is 6.44. The second kappa shape index (κ2) is 11.8. The summed E-state index contributed by atoms with van der Waals surface area (Å²) in [6.07, 6.45) is 0. The summed E-state index contributed by atoms with van der Waals surface area (Å²) in [4.78, 5) is 0. The molecule has 0 aliphatic rings. The summed E-state index contributed by atoms with van der Waals surface area (Å²) in [5.74, 6) is 0. The standard InChI is InChI=1S/Cl2O2S.Ga.3H2O/c1-5(2,3)4;;;;/h;;3*1H2/q;+3;;;/p-3. The Kier molecular flexibility index (Phi) is 42.3. The molecule has 0 aromatic carbocycles. The van der Waals surface area contributed by atoms with Gasteiger partial charge in [0.25, 0.3) is 0 Å². The Morgan fingerprint density at radius 1 is 0.889 bits per heavy atom. The topological polar surface area (TPSA) is 124 Å². The number of rotatable bonds is 0. The van der Waals surface area contributed by atoms with Crippen LogP contribution in [0.2, 0.25) is 0 Å². The maximum absolute atomic E-state index is 9.16. The minimum Gasteiger partial charge on any atom is -0.870 e. The summed E-state index contributed by atoms with van der Waals surface area (Å²) in [6.45, 7) is 0. The second-order valence-corrected chi connectivity index (χ2v) is 4.05. The Labute approximate surface area is 74.2 Å². The van der Waals surface area contributed by atoms with Gasteiger partial charge in [-0.05, 0) is 0 Å². The molecule has 0 aromatic rings. The minimum absolute atomic E-state index is 0. The van der Waals surface area contributed by atoms with E-state index in [1.807, 2.05) is 0 Å². The molecule has 9 heavy (non-hydrogen) atoms. The van der Waals surface area contributed by atoms with Crippen LogP contribution in [0.5, 0.6) is 0 Å². The first-order valence-electron chi connectivity index (χ1n) is 0.642. The molecule has 5 nitrogen and oxygen atoms in total. The van der Waals surface area contributed by atoms with E-state index in [0.29, 0.717) is 0 Å². The predicted octanol–water partition coefficient (Wildman–Crippen LogP) is -0.202. The van der Waals surface area contributed by atoms with E-state index in [0.717, 1.165) is 0 Å². The molecule has 0 radical (unpaired) electrons. The fourth-order valence-corrected chi connectivity index (χ4v) is 0. The molecule has 0 aliphatic heterocycles. The monoisotopic (exact) mass is 254 g/mol. The molecule has 3 N–H and O–H groups in total. The Balaban J connectivity index is -0.0000000133. The van der Waals surface area contributed by atoms with Gasteiger partial charge < -0.3 is 16.4 Å². The molecule has 0 spiro atoms. The second-order valence-electron chi connectivity index (χ2n) is 0.378. The van der Waals surface area contributed by atoms with E-state index in [1.165, 1.54) is 0 Å². The number of hydrogen-bond donors (Lipinski definition) is 0. The van der Waals surface area contributed by atoms with Gasteiger partial charge >= 0.3 is 28.1 Å². The van der Waals surface area contributed by atoms with Crippen molar-refractivity contribution in [3.63, 3.8) is 0 Å². The first kappa shape index (κ1) is 32.3. The van der Waals surface area contributed by atoms with E-state index in [1.54, 1.807) is 0 Å². The fraction of sp³-hybridized carbons (Fsp3) is 0. The van der Waals surface area contributed by atoms with Crippen LogP contribution in [0.1, 0.15) is 0 Å². The molecular formula is H3Cl2GaO5S. The van der Waals surface area contributed by atoms with Crippen LogP contribution in [-0.4, -0.2) is 44.6 Å². The third kappa shape index (κ3) is 410. The van der Waals surface area contributed by atoms with E-state index in [4.69, 9.17) is 8.42 Å². The summed E-state index contributed by atoms with van der Waals surface area (Å²) in [7, 11) is 4.81. The molecule has 0 bridgehead atoms. The van der Waals surface area contributed by atoms with E-state index in [9.17, 15) is 0 Å². The molecule has 0 heterocycles. The molecule has 0 rings (SSSR count). The van der Waals surface area contributed by atoms with Crippen molar-refractivity contribution in [3.8, 4) is 0 Å². The van der Waals surface area contributed by atoms with Crippen molar-refractivity contribution in [2.24, 2.45) is 0 Å². The van der Waals surface area contributed by atoms with Crippen LogP contribution in [-0.2, 0) is 8.26 Å². The van der Waals surface area contributed by atoms with Crippen LogP contribution in [0.4, 0.5) is 0 Å². The molecule has 9 heteroatoms. The molecule has 0 fully saturated rings. The van der Waals surface area contributed by atoms with Gasteiger partial charge in [-0.1, -0.05) is 0 Å². The summed E-state index contributed by atoms with van der Waals surface area (Å²) in [5, 5.41) is 0. The van der Waals surface area contributed by atoms with Gasteiger partial charge in [0.1, 0.15) is 0 Å². The number of hydrogen-bond acceptors (Lipinski definition) is 5. The molecule has 0 aliphatic carbocycles. The van der Waals surface area contributed by atoms with Crippen LogP contribution in [0.25, 0.3) is 0 Å². The first-order chi connectivity index (χ1) is 2.00. The van der Waals surface area contributed by atoms with Gasteiger partial charge in [-0.25, -0.2) is 0 Å². The Morgan fingerprint density at radius 3 is 0.889 bits per heavy atom. The largest absolute Gasteiger partial charge is 3.00 e. The van der Waals surface area contributed by atoms with Crippen LogP contribution in [0, 0.1) is 0 Å². The van der Waals surface area contributed by atoms with Gasteiger partial charge in [-0.2, -0.15) is 8.42 Å². The summed E-state index contributed by atoms with van der Waals surface area (Å²) < 4.78 is 18.3. The smallest absolute Gasteiger partial charge is 0.870 e. The van der Waals surface area contributed by atoms with Crippen LogP contribution in [0.3, 0.4) is 0 Å². The van der Waals surface area contributed by atoms with Crippen LogP contribution >= 0.6 is 21.4 Å². The minimum atomic E-state index is -3.72. The van der Waals surface area contributed by atoms with E-state index in [2.05, 4.69) is 21.4 Å². The van der Waals surface area contributed by atoms with Crippen molar-refractivity contribution in [1.29, 1.82) is 0 Å². The first-order valence-corrected chi connectivity index (χ1v) is 3.78. The van der Waals surface area contributed by atoms with Crippen molar-refractivity contribution < 1.29 is 24.8 Å². The molecule has 0 saturated carbocycles. The van der Waals surface area contributed by atoms with Gasteiger partial charge in [-0.3, -0.25) is 0 Å². The molecule has 0 saturated heterocycles. The molecule has 0 amide bonds. The maximum atomic E-state index is 9.16. The fourth-order valence-electron chi connectivity index (χ4n) is 0. The molecule has 0 atom stereocenters.